The van der Waals surface area contributed by atoms with E-state index in [1.165, 1.54) is 0 Å². The topological polar surface area (TPSA) is 93.1 Å². The lowest BCUT2D eigenvalue weighted by Gasteiger charge is -2.16. The molecule has 0 spiro atoms. The van der Waals surface area contributed by atoms with Gasteiger partial charge in [0, 0.05) is 13.1 Å². The molecular formula is C10H21NO6S. The standard InChI is InChI=1S/C10H21NO6S/c1-9(2)10(12)16-8-6-11(3)5-4-7-17-18(13,14)15/h9H,4-8H2,1-3H3,(H,13,14,15). The van der Waals surface area contributed by atoms with Crippen LogP contribution in [-0.2, 0) is 24.1 Å². The summed E-state index contributed by atoms with van der Waals surface area (Å²) in [5, 5.41) is 0. The van der Waals surface area contributed by atoms with E-state index in [2.05, 4.69) is 4.18 Å². The van der Waals surface area contributed by atoms with E-state index in [9.17, 15) is 13.2 Å². The van der Waals surface area contributed by atoms with Gasteiger partial charge in [0.05, 0.1) is 12.5 Å². The van der Waals surface area contributed by atoms with Crippen LogP contribution in [0.3, 0.4) is 0 Å². The Morgan fingerprint density at radius 2 is 1.89 bits per heavy atom. The summed E-state index contributed by atoms with van der Waals surface area (Å²) in [4.78, 5) is 13.0. The average Bonchev–Trinajstić information content (AvgIpc) is 2.22. The molecule has 0 unspecified atom stereocenters. The summed E-state index contributed by atoms with van der Waals surface area (Å²) in [7, 11) is -2.53. The Morgan fingerprint density at radius 1 is 1.28 bits per heavy atom. The summed E-state index contributed by atoms with van der Waals surface area (Å²) in [6.07, 6.45) is 0.453. The second kappa shape index (κ2) is 8.41. The predicted octanol–water partition coefficient (Wildman–Crippen LogP) is 0.327. The molecule has 0 fully saturated rings. The normalized spacial score (nSPS) is 12.1. The highest BCUT2D eigenvalue weighted by Crippen LogP contribution is 1.97. The minimum absolute atomic E-state index is 0.0744. The third-order valence-corrected chi connectivity index (χ3v) is 2.57. The van der Waals surface area contributed by atoms with Crippen molar-refractivity contribution in [3.05, 3.63) is 0 Å². The van der Waals surface area contributed by atoms with E-state index < -0.39 is 10.4 Å². The first kappa shape index (κ1) is 17.3. The van der Waals surface area contributed by atoms with Crippen molar-refractivity contribution in [1.29, 1.82) is 0 Å². The van der Waals surface area contributed by atoms with E-state index in [-0.39, 0.29) is 18.5 Å². The Bertz CT molecular complexity index is 340. The van der Waals surface area contributed by atoms with Crippen LogP contribution in [0, 0.1) is 5.92 Å². The summed E-state index contributed by atoms with van der Waals surface area (Å²) < 4.78 is 38.0. The Hall–Kier alpha value is -0.700. The second-order valence-corrected chi connectivity index (χ2v) is 5.32. The Balaban J connectivity index is 3.55. The van der Waals surface area contributed by atoms with E-state index in [1.54, 1.807) is 13.8 Å². The largest absolute Gasteiger partial charge is 0.464 e. The highest BCUT2D eigenvalue weighted by Gasteiger charge is 2.08. The maximum atomic E-state index is 11.1. The van der Waals surface area contributed by atoms with Gasteiger partial charge in [0.15, 0.2) is 0 Å². The van der Waals surface area contributed by atoms with Crippen molar-refractivity contribution >= 4 is 16.4 Å². The molecule has 0 aliphatic heterocycles. The molecule has 108 valence electrons. The van der Waals surface area contributed by atoms with Gasteiger partial charge in [0.2, 0.25) is 0 Å². The number of ether oxygens (including phenoxy) is 1. The molecule has 0 radical (unpaired) electrons. The highest BCUT2D eigenvalue weighted by molar-refractivity contribution is 7.80. The van der Waals surface area contributed by atoms with Crippen molar-refractivity contribution in [3.63, 3.8) is 0 Å². The number of hydrogen-bond donors (Lipinski definition) is 1. The van der Waals surface area contributed by atoms with Crippen LogP contribution in [0.5, 0.6) is 0 Å². The van der Waals surface area contributed by atoms with Crippen molar-refractivity contribution < 1.29 is 26.7 Å². The highest BCUT2D eigenvalue weighted by atomic mass is 32.3. The van der Waals surface area contributed by atoms with Crippen LogP contribution in [-0.4, -0.2) is 57.2 Å². The zero-order valence-corrected chi connectivity index (χ0v) is 11.8. The van der Waals surface area contributed by atoms with Gasteiger partial charge in [-0.05, 0) is 13.5 Å². The molecule has 1 N–H and O–H groups in total. The van der Waals surface area contributed by atoms with Crippen LogP contribution < -0.4 is 0 Å². The number of nitrogens with zero attached hydrogens (tertiary/aromatic N) is 1. The SMILES string of the molecule is CC(C)C(=O)OCCN(C)CCCOS(=O)(=O)O. The van der Waals surface area contributed by atoms with Gasteiger partial charge in [-0.1, -0.05) is 13.8 Å². The first-order chi connectivity index (χ1) is 8.22. The first-order valence-corrected chi connectivity index (χ1v) is 7.06. The predicted molar refractivity (Wildman–Crippen MR) is 65.4 cm³/mol. The minimum Gasteiger partial charge on any atom is -0.464 e. The lowest BCUT2D eigenvalue weighted by molar-refractivity contribution is -0.147. The zero-order chi connectivity index (χ0) is 14.2. The lowest BCUT2D eigenvalue weighted by Crippen LogP contribution is -2.27. The third-order valence-electron chi connectivity index (χ3n) is 2.11. The Morgan fingerprint density at radius 3 is 2.39 bits per heavy atom. The summed E-state index contributed by atoms with van der Waals surface area (Å²) in [6.45, 7) is 4.89. The van der Waals surface area contributed by atoms with Crippen LogP contribution in [0.25, 0.3) is 0 Å². The van der Waals surface area contributed by atoms with E-state index in [0.29, 0.717) is 26.1 Å². The third kappa shape index (κ3) is 10.5. The average molecular weight is 283 g/mol. The molecule has 0 amide bonds. The molecule has 0 aromatic rings. The fraction of sp³-hybridized carbons (Fsp3) is 0.900. The van der Waals surface area contributed by atoms with Crippen LogP contribution in [0.15, 0.2) is 0 Å². The van der Waals surface area contributed by atoms with E-state index in [1.807, 2.05) is 11.9 Å². The van der Waals surface area contributed by atoms with Gasteiger partial charge >= 0.3 is 16.4 Å². The van der Waals surface area contributed by atoms with E-state index in [4.69, 9.17) is 9.29 Å². The van der Waals surface area contributed by atoms with Gasteiger partial charge in [-0.15, -0.1) is 0 Å². The van der Waals surface area contributed by atoms with Gasteiger partial charge in [-0.3, -0.25) is 9.35 Å². The fourth-order valence-corrected chi connectivity index (χ4v) is 1.41. The second-order valence-electron chi connectivity index (χ2n) is 4.23. The molecule has 0 aliphatic carbocycles. The molecule has 7 nitrogen and oxygen atoms in total. The molecule has 0 heterocycles. The fourth-order valence-electron chi connectivity index (χ4n) is 1.08. The molecule has 8 heteroatoms. The maximum absolute atomic E-state index is 11.1. The first-order valence-electron chi connectivity index (χ1n) is 5.69. The van der Waals surface area contributed by atoms with E-state index in [0.717, 1.165) is 0 Å². The van der Waals surface area contributed by atoms with Gasteiger partial charge in [0.25, 0.3) is 0 Å². The molecule has 0 aliphatic rings. The van der Waals surface area contributed by atoms with E-state index >= 15 is 0 Å². The minimum atomic E-state index is -4.35. The summed E-state index contributed by atoms with van der Waals surface area (Å²) >= 11 is 0. The monoisotopic (exact) mass is 283 g/mol. The molecule has 0 aromatic heterocycles. The Labute approximate surface area is 108 Å². The molecule has 0 saturated carbocycles. The summed E-state index contributed by atoms with van der Waals surface area (Å²) in [5.41, 5.74) is 0. The van der Waals surface area contributed by atoms with Crippen molar-refractivity contribution in [2.75, 3.05) is 33.4 Å². The molecule has 0 aromatic carbocycles. The number of hydrogen-bond acceptors (Lipinski definition) is 6. The van der Waals surface area contributed by atoms with Crippen molar-refractivity contribution in [3.8, 4) is 0 Å². The molecule has 0 bridgehead atoms. The van der Waals surface area contributed by atoms with Crippen molar-refractivity contribution in [2.45, 2.75) is 20.3 Å². The van der Waals surface area contributed by atoms with Crippen LogP contribution in [0.2, 0.25) is 0 Å². The number of esters is 1. The number of carbonyl (C=O) groups excluding carboxylic acids is 1. The van der Waals surface area contributed by atoms with Crippen molar-refractivity contribution in [2.24, 2.45) is 5.92 Å². The Kier molecular flexibility index (Phi) is 8.08. The van der Waals surface area contributed by atoms with Gasteiger partial charge < -0.3 is 9.64 Å². The quantitative estimate of drug-likeness (QED) is 0.370. The molecule has 0 atom stereocenters. The summed E-state index contributed by atoms with van der Waals surface area (Å²) in [6, 6.07) is 0. The maximum Gasteiger partial charge on any atom is 0.397 e. The lowest BCUT2D eigenvalue weighted by atomic mass is 10.2. The molecular weight excluding hydrogens is 262 g/mol. The smallest absolute Gasteiger partial charge is 0.397 e. The molecule has 0 saturated heterocycles. The van der Waals surface area contributed by atoms with Crippen LogP contribution in [0.1, 0.15) is 20.3 Å². The molecule has 18 heavy (non-hydrogen) atoms. The van der Waals surface area contributed by atoms with Crippen LogP contribution >= 0.6 is 0 Å². The summed E-state index contributed by atoms with van der Waals surface area (Å²) in [5.74, 6) is -0.378. The zero-order valence-electron chi connectivity index (χ0n) is 11.0. The number of likely N-dealkylation sites (N-methyl/N-ethyl adjacent to an activating group) is 1. The van der Waals surface area contributed by atoms with Gasteiger partial charge in [0.1, 0.15) is 6.61 Å². The van der Waals surface area contributed by atoms with Gasteiger partial charge in [-0.2, -0.15) is 8.42 Å². The van der Waals surface area contributed by atoms with Gasteiger partial charge in [-0.25, -0.2) is 4.18 Å². The number of carbonyl (C=O) groups is 1. The number of rotatable bonds is 9. The molecule has 0 rings (SSSR count). The van der Waals surface area contributed by atoms with Crippen molar-refractivity contribution in [1.82, 2.24) is 4.90 Å². The van der Waals surface area contributed by atoms with Crippen LogP contribution in [0.4, 0.5) is 0 Å².